The Morgan fingerprint density at radius 2 is 1.87 bits per heavy atom. The summed E-state index contributed by atoms with van der Waals surface area (Å²) in [5.41, 5.74) is 3.75. The Kier molecular flexibility index (Phi) is 5.58. The smallest absolute Gasteiger partial charge is 0.355 e. The van der Waals surface area contributed by atoms with Crippen LogP contribution < -0.4 is 0 Å². The SMILES string of the molecule is [CH2-]CCc1nc(Cl)c(C(=O)O)n1Cc1ccc(-c2ccccc2-c2nn[nH]n2)cc1. The molecule has 9 heteroatoms. The van der Waals surface area contributed by atoms with Crippen LogP contribution in [0.4, 0.5) is 0 Å². The largest absolute Gasteiger partial charge is 0.476 e. The molecule has 0 unspecified atom stereocenters. The molecule has 152 valence electrons. The van der Waals surface area contributed by atoms with E-state index >= 15 is 0 Å². The van der Waals surface area contributed by atoms with Gasteiger partial charge in [-0.25, -0.2) is 9.78 Å². The van der Waals surface area contributed by atoms with E-state index in [4.69, 9.17) is 11.6 Å². The van der Waals surface area contributed by atoms with Gasteiger partial charge in [0.25, 0.3) is 0 Å². The Bertz CT molecular complexity index is 1170. The second kappa shape index (κ2) is 8.46. The third kappa shape index (κ3) is 3.81. The Morgan fingerprint density at radius 1 is 1.13 bits per heavy atom. The van der Waals surface area contributed by atoms with E-state index in [9.17, 15) is 9.90 Å². The molecule has 0 amide bonds. The lowest BCUT2D eigenvalue weighted by molar-refractivity contribution is 0.0685. The van der Waals surface area contributed by atoms with Crippen molar-refractivity contribution in [2.75, 3.05) is 0 Å². The van der Waals surface area contributed by atoms with Crippen LogP contribution in [0.2, 0.25) is 5.15 Å². The zero-order valence-corrected chi connectivity index (χ0v) is 16.7. The number of aryl methyl sites for hydroxylation is 1. The lowest BCUT2D eigenvalue weighted by Crippen LogP contribution is -2.12. The summed E-state index contributed by atoms with van der Waals surface area (Å²) in [7, 11) is 0. The summed E-state index contributed by atoms with van der Waals surface area (Å²) in [6, 6.07) is 15.7. The quantitative estimate of drug-likeness (QED) is 0.438. The number of hydrogen-bond donors (Lipinski definition) is 2. The highest BCUT2D eigenvalue weighted by Gasteiger charge is 2.21. The molecular weight excluding hydrogens is 404 g/mol. The summed E-state index contributed by atoms with van der Waals surface area (Å²) in [4.78, 5) is 15.9. The zero-order valence-electron chi connectivity index (χ0n) is 15.9. The fraction of sp³-hybridized carbons (Fsp3) is 0.143. The van der Waals surface area contributed by atoms with Gasteiger partial charge in [0, 0.05) is 12.1 Å². The molecule has 0 fully saturated rings. The number of carbonyl (C=O) groups is 1. The molecule has 0 radical (unpaired) electrons. The zero-order chi connectivity index (χ0) is 21.1. The molecule has 8 nitrogen and oxygen atoms in total. The number of aromatic carboxylic acids is 1. The number of aromatic nitrogens is 6. The molecule has 0 aliphatic heterocycles. The summed E-state index contributed by atoms with van der Waals surface area (Å²) < 4.78 is 1.64. The van der Waals surface area contributed by atoms with Crippen LogP contribution >= 0.6 is 11.6 Å². The molecule has 4 aromatic rings. The van der Waals surface area contributed by atoms with Crippen LogP contribution in [0.1, 0.15) is 28.3 Å². The Hall–Kier alpha value is -3.52. The van der Waals surface area contributed by atoms with E-state index in [1.54, 1.807) is 4.57 Å². The van der Waals surface area contributed by atoms with E-state index in [-0.39, 0.29) is 10.8 Å². The van der Waals surface area contributed by atoms with Crippen molar-refractivity contribution in [3.63, 3.8) is 0 Å². The van der Waals surface area contributed by atoms with Gasteiger partial charge in [0.1, 0.15) is 5.82 Å². The van der Waals surface area contributed by atoms with Crippen molar-refractivity contribution >= 4 is 17.6 Å². The summed E-state index contributed by atoms with van der Waals surface area (Å²) in [6.07, 6.45) is 1.14. The first-order valence-electron chi connectivity index (χ1n) is 9.28. The summed E-state index contributed by atoms with van der Waals surface area (Å²) in [5.74, 6) is 0.0269. The van der Waals surface area contributed by atoms with Crippen LogP contribution in [0.3, 0.4) is 0 Å². The van der Waals surface area contributed by atoms with Gasteiger partial charge < -0.3 is 16.6 Å². The van der Waals surface area contributed by atoms with E-state index in [2.05, 4.69) is 32.5 Å². The van der Waals surface area contributed by atoms with Crippen molar-refractivity contribution in [3.05, 3.63) is 77.7 Å². The molecule has 0 bridgehead atoms. The molecule has 2 heterocycles. The number of benzene rings is 2. The topological polar surface area (TPSA) is 110 Å². The molecule has 0 spiro atoms. The minimum Gasteiger partial charge on any atom is -0.476 e. The average Bonchev–Trinajstić information content (AvgIpc) is 3.37. The Morgan fingerprint density at radius 3 is 2.50 bits per heavy atom. The van der Waals surface area contributed by atoms with Crippen molar-refractivity contribution in [2.45, 2.75) is 19.4 Å². The predicted octanol–water partition coefficient (Wildman–Crippen LogP) is 3.90. The number of H-pyrrole nitrogens is 1. The summed E-state index contributed by atoms with van der Waals surface area (Å²) in [6.45, 7) is 4.18. The van der Waals surface area contributed by atoms with Crippen molar-refractivity contribution in [3.8, 4) is 22.5 Å². The third-order valence-corrected chi connectivity index (χ3v) is 4.99. The fourth-order valence-corrected chi connectivity index (χ4v) is 3.65. The van der Waals surface area contributed by atoms with Crippen LogP contribution in [0.15, 0.2) is 48.5 Å². The number of aromatic amines is 1. The van der Waals surface area contributed by atoms with Gasteiger partial charge in [-0.1, -0.05) is 60.1 Å². The highest BCUT2D eigenvalue weighted by atomic mass is 35.5. The van der Waals surface area contributed by atoms with Crippen molar-refractivity contribution in [1.82, 2.24) is 30.2 Å². The van der Waals surface area contributed by atoms with Gasteiger partial charge in [0.05, 0.1) is 0 Å². The number of nitrogens with one attached hydrogen (secondary N) is 1. The first-order valence-corrected chi connectivity index (χ1v) is 9.66. The van der Waals surface area contributed by atoms with Crippen LogP contribution in [-0.4, -0.2) is 41.3 Å². The van der Waals surface area contributed by atoms with Gasteiger partial charge in [-0.05, 0) is 28.3 Å². The number of nitrogens with zero attached hydrogens (tertiary/aromatic N) is 5. The van der Waals surface area contributed by atoms with E-state index < -0.39 is 5.97 Å². The van der Waals surface area contributed by atoms with Gasteiger partial charge in [-0.2, -0.15) is 11.6 Å². The number of rotatable bonds is 7. The Labute approximate surface area is 177 Å². The molecule has 30 heavy (non-hydrogen) atoms. The van der Waals surface area contributed by atoms with Gasteiger partial charge in [-0.3, -0.25) is 0 Å². The number of tetrazole rings is 1. The molecule has 0 aliphatic carbocycles. The van der Waals surface area contributed by atoms with Crippen molar-refractivity contribution in [2.24, 2.45) is 0 Å². The molecule has 0 atom stereocenters. The van der Waals surface area contributed by atoms with Gasteiger partial charge in [-0.15, -0.1) is 10.2 Å². The molecular formula is C21H18ClN6O2-. The molecule has 0 saturated carbocycles. The van der Waals surface area contributed by atoms with Crippen LogP contribution in [0, 0.1) is 6.92 Å². The second-order valence-corrected chi connectivity index (χ2v) is 7.00. The van der Waals surface area contributed by atoms with Crippen molar-refractivity contribution < 1.29 is 9.90 Å². The minimum absolute atomic E-state index is 0.00314. The summed E-state index contributed by atoms with van der Waals surface area (Å²) in [5, 5.41) is 23.8. The van der Waals surface area contributed by atoms with Crippen LogP contribution in [0.5, 0.6) is 0 Å². The number of carboxylic acids is 1. The molecule has 4 rings (SSSR count). The third-order valence-electron chi connectivity index (χ3n) is 4.73. The van der Waals surface area contributed by atoms with E-state index in [1.807, 2.05) is 48.5 Å². The van der Waals surface area contributed by atoms with E-state index in [0.717, 1.165) is 22.3 Å². The highest BCUT2D eigenvalue weighted by Crippen LogP contribution is 2.30. The number of imidazole rings is 1. The molecule has 2 aromatic carbocycles. The van der Waals surface area contributed by atoms with Gasteiger partial charge >= 0.3 is 5.97 Å². The molecule has 0 saturated heterocycles. The standard InChI is InChI=1S/C21H18ClN6O2/c1-2-5-17-23-19(22)18(21(29)30)28(17)12-13-8-10-14(11-9-13)15-6-3-4-7-16(15)20-24-26-27-25-20/h3-4,6-11H,1-2,5,12H2,(H,29,30)(H,24,25,26,27)/q-1. The van der Waals surface area contributed by atoms with Crippen LogP contribution in [-0.2, 0) is 13.0 Å². The number of carboxylic acid groups (broad SMARTS) is 1. The average molecular weight is 422 g/mol. The minimum atomic E-state index is -1.10. The van der Waals surface area contributed by atoms with Gasteiger partial charge in [0.15, 0.2) is 10.8 Å². The van der Waals surface area contributed by atoms with Crippen molar-refractivity contribution in [1.29, 1.82) is 0 Å². The fourth-order valence-electron chi connectivity index (χ4n) is 3.37. The van der Waals surface area contributed by atoms with Gasteiger partial charge in [0.2, 0.25) is 5.82 Å². The second-order valence-electron chi connectivity index (χ2n) is 6.64. The monoisotopic (exact) mass is 421 g/mol. The lowest BCUT2D eigenvalue weighted by atomic mass is 9.98. The first kappa shape index (κ1) is 19.8. The first-order chi connectivity index (χ1) is 14.6. The molecule has 2 aromatic heterocycles. The molecule has 0 aliphatic rings. The normalized spacial score (nSPS) is 11.0. The predicted molar refractivity (Wildman–Crippen MR) is 112 cm³/mol. The molecule has 2 N–H and O–H groups in total. The van der Waals surface area contributed by atoms with E-state index in [1.165, 1.54) is 0 Å². The van der Waals surface area contributed by atoms with Crippen LogP contribution in [0.25, 0.3) is 22.5 Å². The maximum Gasteiger partial charge on any atom is 0.355 e. The number of halogens is 1. The highest BCUT2D eigenvalue weighted by molar-refractivity contribution is 6.32. The van der Waals surface area contributed by atoms with E-state index in [0.29, 0.717) is 31.0 Å². The summed E-state index contributed by atoms with van der Waals surface area (Å²) >= 11 is 6.07. The number of hydrogen-bond acceptors (Lipinski definition) is 5. The Balaban J connectivity index is 1.66. The maximum atomic E-state index is 11.7. The lowest BCUT2D eigenvalue weighted by Gasteiger charge is -2.12. The maximum absolute atomic E-state index is 11.7.